The molecule has 0 aliphatic rings. The van der Waals surface area contributed by atoms with Gasteiger partial charge in [-0.15, -0.1) is 0 Å². The van der Waals surface area contributed by atoms with E-state index in [9.17, 15) is 4.79 Å². The molecule has 0 aliphatic carbocycles. The molecule has 74 valence electrons. The van der Waals surface area contributed by atoms with Gasteiger partial charge in [-0.3, -0.25) is 4.79 Å². The summed E-state index contributed by atoms with van der Waals surface area (Å²) in [5.74, 6) is -0.00839. The van der Waals surface area contributed by atoms with Gasteiger partial charge in [-0.1, -0.05) is 5.11 Å². The fourth-order valence-corrected chi connectivity index (χ4v) is 0.765. The van der Waals surface area contributed by atoms with Crippen molar-refractivity contribution in [3.05, 3.63) is 10.4 Å². The molecule has 0 rings (SSSR count). The van der Waals surface area contributed by atoms with Gasteiger partial charge in [0.2, 0.25) is 5.91 Å². The van der Waals surface area contributed by atoms with Crippen molar-refractivity contribution in [3.8, 4) is 0 Å². The minimum absolute atomic E-state index is 0.00839. The number of carbonyl (C=O) groups excluding carboxylic acids is 1. The van der Waals surface area contributed by atoms with Crippen LogP contribution in [0.3, 0.4) is 0 Å². The van der Waals surface area contributed by atoms with Gasteiger partial charge in [-0.05, 0) is 26.0 Å². The SMILES string of the molecule is CN(C)CC(=O)NCCCN=[N+]=[N-]. The summed E-state index contributed by atoms with van der Waals surface area (Å²) in [4.78, 5) is 15.4. The summed E-state index contributed by atoms with van der Waals surface area (Å²) >= 11 is 0. The fraction of sp³-hybridized carbons (Fsp3) is 0.857. The van der Waals surface area contributed by atoms with E-state index in [4.69, 9.17) is 5.53 Å². The first-order valence-electron chi connectivity index (χ1n) is 4.09. The lowest BCUT2D eigenvalue weighted by atomic mass is 10.4. The van der Waals surface area contributed by atoms with Crippen LogP contribution in [-0.4, -0.2) is 44.5 Å². The molecule has 0 heterocycles. The average Bonchev–Trinajstić information content (AvgIpc) is 2.02. The predicted molar refractivity (Wildman–Crippen MR) is 50.2 cm³/mol. The standard InChI is InChI=1S/C7H15N5O/c1-12(2)6-7(13)9-4-3-5-10-11-8/h3-6H2,1-2H3,(H,9,13). The Labute approximate surface area is 77.5 Å². The third kappa shape index (κ3) is 8.65. The zero-order valence-corrected chi connectivity index (χ0v) is 8.03. The zero-order valence-electron chi connectivity index (χ0n) is 8.03. The summed E-state index contributed by atoms with van der Waals surface area (Å²) in [7, 11) is 3.67. The monoisotopic (exact) mass is 185 g/mol. The van der Waals surface area contributed by atoms with E-state index >= 15 is 0 Å². The van der Waals surface area contributed by atoms with E-state index in [1.807, 2.05) is 14.1 Å². The molecule has 13 heavy (non-hydrogen) atoms. The van der Waals surface area contributed by atoms with Crippen molar-refractivity contribution >= 4 is 5.91 Å². The second-order valence-electron chi connectivity index (χ2n) is 2.90. The molecule has 0 bridgehead atoms. The molecule has 0 atom stereocenters. The maximum absolute atomic E-state index is 11.0. The van der Waals surface area contributed by atoms with Gasteiger partial charge in [0.15, 0.2) is 0 Å². The Morgan fingerprint density at radius 3 is 2.85 bits per heavy atom. The van der Waals surface area contributed by atoms with Gasteiger partial charge < -0.3 is 10.2 Å². The molecule has 0 aromatic carbocycles. The first kappa shape index (κ1) is 11.7. The normalized spacial score (nSPS) is 9.46. The van der Waals surface area contributed by atoms with Crippen molar-refractivity contribution in [1.29, 1.82) is 0 Å². The maximum atomic E-state index is 11.0. The van der Waals surface area contributed by atoms with Crippen LogP contribution in [0, 0.1) is 0 Å². The van der Waals surface area contributed by atoms with E-state index < -0.39 is 0 Å². The third-order valence-electron chi connectivity index (χ3n) is 1.28. The van der Waals surface area contributed by atoms with Crippen molar-refractivity contribution in [2.75, 3.05) is 33.7 Å². The van der Waals surface area contributed by atoms with Gasteiger partial charge in [0.1, 0.15) is 0 Å². The number of nitrogens with zero attached hydrogens (tertiary/aromatic N) is 4. The molecule has 1 amide bonds. The number of amides is 1. The molecule has 0 radical (unpaired) electrons. The highest BCUT2D eigenvalue weighted by Crippen LogP contribution is 1.80. The highest BCUT2D eigenvalue weighted by atomic mass is 16.1. The predicted octanol–water partition coefficient (Wildman–Crippen LogP) is 0.365. The van der Waals surface area contributed by atoms with Gasteiger partial charge in [-0.2, -0.15) is 0 Å². The molecular weight excluding hydrogens is 170 g/mol. The Hall–Kier alpha value is -1.26. The van der Waals surface area contributed by atoms with Crippen LogP contribution >= 0.6 is 0 Å². The molecule has 0 fully saturated rings. The molecular formula is C7H15N5O. The minimum atomic E-state index is -0.00839. The van der Waals surface area contributed by atoms with E-state index in [0.717, 1.165) is 0 Å². The number of rotatable bonds is 6. The molecule has 0 aromatic heterocycles. The number of nitrogens with one attached hydrogen (secondary N) is 1. The number of hydrogen-bond donors (Lipinski definition) is 1. The van der Waals surface area contributed by atoms with Crippen LogP contribution in [0.5, 0.6) is 0 Å². The minimum Gasteiger partial charge on any atom is -0.355 e. The summed E-state index contributed by atoms with van der Waals surface area (Å²) in [5.41, 5.74) is 7.96. The topological polar surface area (TPSA) is 81.1 Å². The molecule has 0 saturated heterocycles. The second kappa shape index (κ2) is 7.39. The number of carbonyl (C=O) groups is 1. The Bertz CT molecular complexity index is 197. The van der Waals surface area contributed by atoms with Gasteiger partial charge >= 0.3 is 0 Å². The van der Waals surface area contributed by atoms with Crippen LogP contribution in [0.15, 0.2) is 5.11 Å². The lowest BCUT2D eigenvalue weighted by Crippen LogP contribution is -2.33. The van der Waals surface area contributed by atoms with Crippen LogP contribution < -0.4 is 5.32 Å². The van der Waals surface area contributed by atoms with Crippen molar-refractivity contribution in [2.24, 2.45) is 5.11 Å². The summed E-state index contributed by atoms with van der Waals surface area (Å²) in [5, 5.41) is 6.06. The number of azide groups is 1. The van der Waals surface area contributed by atoms with Crippen LogP contribution in [0.2, 0.25) is 0 Å². The number of hydrogen-bond acceptors (Lipinski definition) is 3. The van der Waals surface area contributed by atoms with Crippen molar-refractivity contribution < 1.29 is 4.79 Å². The number of likely N-dealkylation sites (N-methyl/N-ethyl adjacent to an activating group) is 1. The molecule has 0 saturated carbocycles. The van der Waals surface area contributed by atoms with E-state index in [1.54, 1.807) is 4.90 Å². The Morgan fingerprint density at radius 1 is 1.62 bits per heavy atom. The summed E-state index contributed by atoms with van der Waals surface area (Å²) < 4.78 is 0. The Kier molecular flexibility index (Phi) is 6.68. The fourth-order valence-electron chi connectivity index (χ4n) is 0.765. The van der Waals surface area contributed by atoms with E-state index in [2.05, 4.69) is 15.3 Å². The van der Waals surface area contributed by atoms with Gasteiger partial charge in [0.05, 0.1) is 6.54 Å². The summed E-state index contributed by atoms with van der Waals surface area (Å²) in [6.07, 6.45) is 0.684. The molecule has 1 N–H and O–H groups in total. The second-order valence-corrected chi connectivity index (χ2v) is 2.90. The summed E-state index contributed by atoms with van der Waals surface area (Å²) in [6.45, 7) is 1.38. The third-order valence-corrected chi connectivity index (χ3v) is 1.28. The smallest absolute Gasteiger partial charge is 0.234 e. The molecule has 0 unspecified atom stereocenters. The lowest BCUT2D eigenvalue weighted by molar-refractivity contribution is -0.121. The molecule has 0 aromatic rings. The highest BCUT2D eigenvalue weighted by molar-refractivity contribution is 5.77. The largest absolute Gasteiger partial charge is 0.355 e. The summed E-state index contributed by atoms with van der Waals surface area (Å²) in [6, 6.07) is 0. The first-order valence-corrected chi connectivity index (χ1v) is 4.09. The van der Waals surface area contributed by atoms with Crippen molar-refractivity contribution in [3.63, 3.8) is 0 Å². The van der Waals surface area contributed by atoms with Gasteiger partial charge in [0.25, 0.3) is 0 Å². The van der Waals surface area contributed by atoms with Crippen molar-refractivity contribution in [2.45, 2.75) is 6.42 Å². The average molecular weight is 185 g/mol. The van der Waals surface area contributed by atoms with Crippen LogP contribution in [0.1, 0.15) is 6.42 Å². The zero-order chi connectivity index (χ0) is 10.1. The van der Waals surface area contributed by atoms with E-state index in [-0.39, 0.29) is 5.91 Å². The van der Waals surface area contributed by atoms with E-state index in [0.29, 0.717) is 26.1 Å². The highest BCUT2D eigenvalue weighted by Gasteiger charge is 2.00. The molecule has 6 nitrogen and oxygen atoms in total. The first-order chi connectivity index (χ1) is 6.16. The van der Waals surface area contributed by atoms with Gasteiger partial charge in [-0.25, -0.2) is 0 Å². The quantitative estimate of drug-likeness (QED) is 0.280. The molecule has 0 spiro atoms. The van der Waals surface area contributed by atoms with Gasteiger partial charge in [0, 0.05) is 18.0 Å². The Morgan fingerprint density at radius 2 is 2.31 bits per heavy atom. The van der Waals surface area contributed by atoms with E-state index in [1.165, 1.54) is 0 Å². The molecule has 6 heteroatoms. The maximum Gasteiger partial charge on any atom is 0.234 e. The van der Waals surface area contributed by atoms with Crippen LogP contribution in [0.4, 0.5) is 0 Å². The molecule has 0 aliphatic heterocycles. The lowest BCUT2D eigenvalue weighted by Gasteiger charge is -2.09. The Balaban J connectivity index is 3.32. The van der Waals surface area contributed by atoms with Crippen LogP contribution in [-0.2, 0) is 4.79 Å². The van der Waals surface area contributed by atoms with Crippen LogP contribution in [0.25, 0.3) is 10.4 Å². The van der Waals surface area contributed by atoms with Crippen molar-refractivity contribution in [1.82, 2.24) is 10.2 Å².